The van der Waals surface area contributed by atoms with Crippen molar-refractivity contribution >= 4 is 28.5 Å². The van der Waals surface area contributed by atoms with E-state index in [1.54, 1.807) is 30.0 Å². The molecule has 0 aromatic heterocycles. The monoisotopic (exact) mass is 464 g/mol. The summed E-state index contributed by atoms with van der Waals surface area (Å²) in [5.41, 5.74) is 8.67. The number of carbonyl (C=O) groups excluding carboxylic acids is 1. The molecular formula is C28H20N2O3S. The van der Waals surface area contributed by atoms with E-state index >= 15 is 0 Å². The number of nitrogens with two attached hydrogens (primary N) is 1. The maximum Gasteiger partial charge on any atom is 0.344 e. The molecule has 2 N–H and O–H groups in total. The van der Waals surface area contributed by atoms with E-state index in [1.165, 1.54) is 0 Å². The van der Waals surface area contributed by atoms with Crippen molar-refractivity contribution in [3.05, 3.63) is 113 Å². The largest absolute Gasteiger partial charge is 0.440 e. The van der Waals surface area contributed by atoms with Crippen LogP contribution in [0.4, 0.5) is 0 Å². The number of benzene rings is 4. The van der Waals surface area contributed by atoms with Crippen LogP contribution in [0.2, 0.25) is 0 Å². The molecule has 1 aliphatic heterocycles. The fourth-order valence-corrected chi connectivity index (χ4v) is 4.61. The highest BCUT2D eigenvalue weighted by Gasteiger charge is 2.31. The zero-order valence-electron chi connectivity index (χ0n) is 18.3. The first-order chi connectivity index (χ1) is 16.6. The Balaban J connectivity index is 1.49. The molecule has 5 nitrogen and oxygen atoms in total. The summed E-state index contributed by atoms with van der Waals surface area (Å²) >= 11 is 1.65. The number of allylic oxidation sites excluding steroid dienone is 1. The van der Waals surface area contributed by atoms with Gasteiger partial charge >= 0.3 is 5.97 Å². The van der Waals surface area contributed by atoms with Crippen LogP contribution in [-0.4, -0.2) is 12.2 Å². The molecule has 4 aromatic rings. The summed E-state index contributed by atoms with van der Waals surface area (Å²) in [6.45, 7) is 0. The molecule has 0 spiro atoms. The zero-order valence-corrected chi connectivity index (χ0v) is 19.1. The second-order valence-electron chi connectivity index (χ2n) is 7.81. The predicted molar refractivity (Wildman–Crippen MR) is 133 cm³/mol. The summed E-state index contributed by atoms with van der Waals surface area (Å²) in [5, 5.41) is 11.5. The molecule has 1 unspecified atom stereocenters. The van der Waals surface area contributed by atoms with Gasteiger partial charge < -0.3 is 15.2 Å². The molecule has 1 atom stereocenters. The summed E-state index contributed by atoms with van der Waals surface area (Å²) in [6.07, 6.45) is 2.01. The van der Waals surface area contributed by atoms with Crippen molar-refractivity contribution in [2.24, 2.45) is 5.73 Å². The smallest absolute Gasteiger partial charge is 0.344 e. The lowest BCUT2D eigenvalue weighted by molar-refractivity contribution is 0.0736. The van der Waals surface area contributed by atoms with Crippen LogP contribution in [0.3, 0.4) is 0 Å². The number of hydrogen-bond donors (Lipinski definition) is 1. The fraction of sp³-hybridized carbons (Fsp3) is 0.0714. The third-order valence-electron chi connectivity index (χ3n) is 5.86. The zero-order chi connectivity index (χ0) is 23.7. The molecule has 1 aliphatic rings. The highest BCUT2D eigenvalue weighted by molar-refractivity contribution is 7.98. The van der Waals surface area contributed by atoms with E-state index < -0.39 is 5.97 Å². The predicted octanol–water partition coefficient (Wildman–Crippen LogP) is 6.00. The van der Waals surface area contributed by atoms with E-state index in [0.717, 1.165) is 26.8 Å². The Morgan fingerprint density at radius 2 is 1.79 bits per heavy atom. The highest BCUT2D eigenvalue weighted by Crippen LogP contribution is 2.43. The van der Waals surface area contributed by atoms with Crippen molar-refractivity contribution in [1.29, 1.82) is 5.26 Å². The molecule has 5 rings (SSSR count). The first-order valence-electron chi connectivity index (χ1n) is 10.6. The Morgan fingerprint density at radius 1 is 1.03 bits per heavy atom. The molecule has 0 aliphatic carbocycles. The molecule has 1 heterocycles. The Kier molecular flexibility index (Phi) is 5.70. The Bertz CT molecular complexity index is 1480. The third kappa shape index (κ3) is 3.87. The first-order valence-corrected chi connectivity index (χ1v) is 11.9. The van der Waals surface area contributed by atoms with Gasteiger partial charge in [-0.2, -0.15) is 5.26 Å². The molecule has 0 radical (unpaired) electrons. The molecule has 4 aromatic carbocycles. The van der Waals surface area contributed by atoms with Crippen LogP contribution in [0.1, 0.15) is 27.4 Å². The highest BCUT2D eigenvalue weighted by atomic mass is 32.2. The van der Waals surface area contributed by atoms with E-state index in [2.05, 4.69) is 6.07 Å². The van der Waals surface area contributed by atoms with E-state index in [4.69, 9.17) is 15.2 Å². The molecule has 0 saturated heterocycles. The average molecular weight is 465 g/mol. The van der Waals surface area contributed by atoms with Crippen molar-refractivity contribution in [3.63, 3.8) is 0 Å². The van der Waals surface area contributed by atoms with Crippen LogP contribution in [0.15, 0.2) is 101 Å². The number of fused-ring (bicyclic) bond motifs is 2. The van der Waals surface area contributed by atoms with Gasteiger partial charge in [0.2, 0.25) is 5.88 Å². The Labute approximate surface area is 201 Å². The van der Waals surface area contributed by atoms with Gasteiger partial charge in [-0.1, -0.05) is 54.6 Å². The molecular weight excluding hydrogens is 444 g/mol. The number of hydrogen-bond acceptors (Lipinski definition) is 6. The Hall–Kier alpha value is -4.21. The SMILES string of the molecule is CSc1ccc(C2C(C#N)=C(N)Oc3cc(OC(=O)c4cccc5ccccc45)ccc32)cc1. The Morgan fingerprint density at radius 3 is 2.56 bits per heavy atom. The van der Waals surface area contributed by atoms with Crippen LogP contribution in [-0.2, 0) is 0 Å². The molecule has 166 valence electrons. The van der Waals surface area contributed by atoms with Crippen LogP contribution in [0, 0.1) is 11.3 Å². The lowest BCUT2D eigenvalue weighted by Crippen LogP contribution is -2.21. The van der Waals surface area contributed by atoms with E-state index in [1.807, 2.05) is 73.0 Å². The lowest BCUT2D eigenvalue weighted by Gasteiger charge is -2.26. The first kappa shape index (κ1) is 21.6. The fourth-order valence-electron chi connectivity index (χ4n) is 4.20. The second kappa shape index (κ2) is 8.97. The minimum absolute atomic E-state index is 0.0477. The van der Waals surface area contributed by atoms with Gasteiger partial charge in [0.05, 0.1) is 11.5 Å². The normalized spacial score (nSPS) is 14.8. The van der Waals surface area contributed by atoms with Crippen molar-refractivity contribution in [2.75, 3.05) is 6.26 Å². The van der Waals surface area contributed by atoms with E-state index in [9.17, 15) is 10.1 Å². The average Bonchev–Trinajstić information content (AvgIpc) is 2.87. The molecule has 0 saturated carbocycles. The van der Waals surface area contributed by atoms with Gasteiger partial charge in [0.25, 0.3) is 0 Å². The number of thioether (sulfide) groups is 1. The van der Waals surface area contributed by atoms with Crippen molar-refractivity contribution in [3.8, 4) is 17.6 Å². The molecule has 0 amide bonds. The van der Waals surface area contributed by atoms with Crippen LogP contribution < -0.4 is 15.2 Å². The van der Waals surface area contributed by atoms with Gasteiger partial charge in [0, 0.05) is 16.5 Å². The number of carbonyl (C=O) groups is 1. The summed E-state index contributed by atoms with van der Waals surface area (Å²) in [5.74, 6) is 0.0111. The number of nitrogens with zero attached hydrogens (tertiary/aromatic N) is 1. The lowest BCUT2D eigenvalue weighted by atomic mass is 9.83. The van der Waals surface area contributed by atoms with Gasteiger partial charge in [0.15, 0.2) is 0 Å². The maximum atomic E-state index is 13.0. The van der Waals surface area contributed by atoms with Crippen molar-refractivity contribution in [1.82, 2.24) is 0 Å². The molecule has 0 fully saturated rings. The minimum atomic E-state index is -0.460. The van der Waals surface area contributed by atoms with Crippen molar-refractivity contribution in [2.45, 2.75) is 10.8 Å². The van der Waals surface area contributed by atoms with Gasteiger partial charge in [-0.15, -0.1) is 11.8 Å². The molecule has 0 bridgehead atoms. The van der Waals surface area contributed by atoms with Crippen LogP contribution >= 0.6 is 11.8 Å². The van der Waals surface area contributed by atoms with Gasteiger partial charge in [0.1, 0.15) is 23.1 Å². The third-order valence-corrected chi connectivity index (χ3v) is 6.60. The summed E-state index contributed by atoms with van der Waals surface area (Å²) in [4.78, 5) is 14.1. The number of esters is 1. The topological polar surface area (TPSA) is 85.3 Å². The number of rotatable bonds is 4. The van der Waals surface area contributed by atoms with Crippen LogP contribution in [0.25, 0.3) is 10.8 Å². The van der Waals surface area contributed by atoms with Crippen molar-refractivity contribution < 1.29 is 14.3 Å². The maximum absolute atomic E-state index is 13.0. The number of nitriles is 1. The van der Waals surface area contributed by atoms with Gasteiger partial charge in [-0.25, -0.2) is 4.79 Å². The van der Waals surface area contributed by atoms with Gasteiger partial charge in [-0.3, -0.25) is 0 Å². The second-order valence-corrected chi connectivity index (χ2v) is 8.69. The molecule has 34 heavy (non-hydrogen) atoms. The van der Waals surface area contributed by atoms with E-state index in [0.29, 0.717) is 22.6 Å². The quantitative estimate of drug-likeness (QED) is 0.227. The van der Waals surface area contributed by atoms with Crippen LogP contribution in [0.5, 0.6) is 11.5 Å². The minimum Gasteiger partial charge on any atom is -0.440 e. The summed E-state index contributed by atoms with van der Waals surface area (Å²) < 4.78 is 11.5. The summed E-state index contributed by atoms with van der Waals surface area (Å²) in [6, 6.07) is 28.6. The summed E-state index contributed by atoms with van der Waals surface area (Å²) in [7, 11) is 0. The molecule has 6 heteroatoms. The standard InChI is InChI=1S/C28H20N2O3S/c1-34-20-12-9-18(10-13-20)26-23-14-11-19(15-25(23)33-27(30)24(26)16-29)32-28(31)22-8-4-6-17-5-2-3-7-21(17)22/h2-15,26H,30H2,1H3. The van der Waals surface area contributed by atoms with E-state index in [-0.39, 0.29) is 11.8 Å². The van der Waals surface area contributed by atoms with Gasteiger partial charge in [-0.05, 0) is 46.9 Å². The number of ether oxygens (including phenoxy) is 2.